The minimum absolute atomic E-state index is 0.00145. The number of ether oxygens (including phenoxy) is 2. The van der Waals surface area contributed by atoms with Crippen LogP contribution in [0.5, 0.6) is 17.4 Å². The summed E-state index contributed by atoms with van der Waals surface area (Å²) in [6.45, 7) is 0. The van der Waals surface area contributed by atoms with Gasteiger partial charge in [0.25, 0.3) is 11.5 Å². The van der Waals surface area contributed by atoms with E-state index in [1.54, 1.807) is 31.1 Å². The lowest BCUT2D eigenvalue weighted by Crippen LogP contribution is -2.38. The topological polar surface area (TPSA) is 139 Å². The second-order valence-corrected chi connectivity index (χ2v) is 10.1. The Balaban J connectivity index is 1.29. The van der Waals surface area contributed by atoms with Crippen LogP contribution in [-0.4, -0.2) is 37.3 Å². The standard InChI is InChI=1S/C30H29N7O4/c1-36-27(30(31)13-6-7-14-30)26(29(39)37(36)19-8-4-3-5-9-19)28(38)35-24-17-34-25(18-33-24)41-23-12-15-32-22-16-20(40-2)10-11-21(22)23/h3-5,8-12,15-18H,6-7,13-14,31H2,1-2H3,(H,33,35,38). The molecule has 1 aliphatic carbocycles. The minimum atomic E-state index is -0.790. The number of carbonyl (C=O) groups is 1. The van der Waals surface area contributed by atoms with E-state index in [1.807, 2.05) is 48.5 Å². The molecule has 11 nitrogen and oxygen atoms in total. The summed E-state index contributed by atoms with van der Waals surface area (Å²) in [5.41, 5.74) is 7.44. The molecule has 0 spiro atoms. The van der Waals surface area contributed by atoms with Gasteiger partial charge >= 0.3 is 0 Å². The summed E-state index contributed by atoms with van der Waals surface area (Å²) in [6.07, 6.45) is 7.63. The number of para-hydroxylation sites is 1. The summed E-state index contributed by atoms with van der Waals surface area (Å²) in [6, 6.07) is 16.4. The van der Waals surface area contributed by atoms with E-state index < -0.39 is 17.0 Å². The number of hydrogen-bond donors (Lipinski definition) is 2. The Morgan fingerprint density at radius 1 is 1.02 bits per heavy atom. The highest BCUT2D eigenvalue weighted by atomic mass is 16.5. The molecule has 3 heterocycles. The average Bonchev–Trinajstić information content (AvgIpc) is 3.55. The number of nitrogens with two attached hydrogens (primary N) is 1. The molecule has 3 aromatic heterocycles. The van der Waals surface area contributed by atoms with Crippen LogP contribution in [-0.2, 0) is 12.6 Å². The number of aromatic nitrogens is 5. The molecule has 1 saturated carbocycles. The van der Waals surface area contributed by atoms with E-state index >= 15 is 0 Å². The summed E-state index contributed by atoms with van der Waals surface area (Å²) in [7, 11) is 3.36. The van der Waals surface area contributed by atoms with Gasteiger partial charge in [-0.25, -0.2) is 14.6 Å². The molecule has 11 heteroatoms. The lowest BCUT2D eigenvalue weighted by molar-refractivity contribution is 0.102. The number of carbonyl (C=O) groups excluding carboxylic acids is 1. The van der Waals surface area contributed by atoms with E-state index in [4.69, 9.17) is 15.2 Å². The number of nitrogens with one attached hydrogen (secondary N) is 1. The smallest absolute Gasteiger partial charge is 0.284 e. The highest BCUT2D eigenvalue weighted by Gasteiger charge is 2.40. The molecule has 0 atom stereocenters. The van der Waals surface area contributed by atoms with E-state index in [0.29, 0.717) is 41.2 Å². The van der Waals surface area contributed by atoms with Crippen molar-refractivity contribution in [2.24, 2.45) is 12.8 Å². The van der Waals surface area contributed by atoms with Crippen LogP contribution >= 0.6 is 0 Å². The van der Waals surface area contributed by atoms with Crippen LogP contribution < -0.4 is 26.1 Å². The molecule has 0 saturated heterocycles. The molecule has 3 N–H and O–H groups in total. The van der Waals surface area contributed by atoms with Crippen LogP contribution in [0.3, 0.4) is 0 Å². The van der Waals surface area contributed by atoms with Gasteiger partial charge in [-0.05, 0) is 43.2 Å². The Bertz CT molecular complexity index is 1790. The van der Waals surface area contributed by atoms with Gasteiger partial charge in [0.15, 0.2) is 5.82 Å². The number of amides is 1. The van der Waals surface area contributed by atoms with Crippen molar-refractivity contribution >= 4 is 22.6 Å². The number of methoxy groups -OCH3 is 1. The average molecular weight is 552 g/mol. The predicted molar refractivity (Wildman–Crippen MR) is 154 cm³/mol. The Morgan fingerprint density at radius 3 is 2.51 bits per heavy atom. The van der Waals surface area contributed by atoms with Gasteiger partial charge < -0.3 is 20.5 Å². The van der Waals surface area contributed by atoms with E-state index in [0.717, 1.165) is 18.2 Å². The third-order valence-electron chi connectivity index (χ3n) is 7.46. The molecule has 6 rings (SSSR count). The fraction of sp³-hybridized carbons (Fsp3) is 0.233. The Morgan fingerprint density at radius 2 is 1.80 bits per heavy atom. The van der Waals surface area contributed by atoms with Gasteiger partial charge in [-0.15, -0.1) is 0 Å². The van der Waals surface area contributed by atoms with Crippen molar-refractivity contribution in [2.45, 2.75) is 31.2 Å². The molecule has 0 aliphatic heterocycles. The summed E-state index contributed by atoms with van der Waals surface area (Å²) in [5, 5.41) is 3.51. The lowest BCUT2D eigenvalue weighted by atomic mass is 9.91. The van der Waals surface area contributed by atoms with Crippen molar-refractivity contribution in [3.05, 3.63) is 94.8 Å². The second-order valence-electron chi connectivity index (χ2n) is 10.1. The van der Waals surface area contributed by atoms with Gasteiger partial charge in [-0.3, -0.25) is 19.3 Å². The summed E-state index contributed by atoms with van der Waals surface area (Å²) in [5.74, 6) is 1.04. The van der Waals surface area contributed by atoms with Crippen molar-refractivity contribution in [3.8, 4) is 23.1 Å². The van der Waals surface area contributed by atoms with Crippen molar-refractivity contribution in [2.75, 3.05) is 12.4 Å². The zero-order chi connectivity index (χ0) is 28.6. The van der Waals surface area contributed by atoms with Gasteiger partial charge in [-0.2, -0.15) is 0 Å². The number of benzene rings is 2. The van der Waals surface area contributed by atoms with E-state index in [2.05, 4.69) is 20.3 Å². The summed E-state index contributed by atoms with van der Waals surface area (Å²) < 4.78 is 14.4. The zero-order valence-corrected chi connectivity index (χ0v) is 22.7. The SMILES string of the molecule is COc1ccc2c(Oc3cnc(NC(=O)c4c(C5(N)CCCC5)n(C)n(-c5ccccc5)c4=O)cn3)ccnc2c1. The first-order valence-electron chi connectivity index (χ1n) is 13.3. The van der Waals surface area contributed by atoms with Gasteiger partial charge in [0.1, 0.15) is 17.1 Å². The van der Waals surface area contributed by atoms with E-state index in [-0.39, 0.29) is 17.3 Å². The molecule has 5 aromatic rings. The number of fused-ring (bicyclic) bond motifs is 1. The molecule has 1 amide bonds. The van der Waals surface area contributed by atoms with Crippen molar-refractivity contribution in [1.82, 2.24) is 24.3 Å². The number of rotatable bonds is 7. The van der Waals surface area contributed by atoms with Gasteiger partial charge in [-0.1, -0.05) is 31.0 Å². The minimum Gasteiger partial charge on any atom is -0.497 e. The maximum Gasteiger partial charge on any atom is 0.284 e. The first-order chi connectivity index (χ1) is 19.9. The summed E-state index contributed by atoms with van der Waals surface area (Å²) >= 11 is 0. The molecule has 0 bridgehead atoms. The third-order valence-corrected chi connectivity index (χ3v) is 7.46. The fourth-order valence-corrected chi connectivity index (χ4v) is 5.53. The summed E-state index contributed by atoms with van der Waals surface area (Å²) in [4.78, 5) is 40.3. The van der Waals surface area contributed by atoms with Gasteiger partial charge in [0, 0.05) is 24.7 Å². The first kappa shape index (κ1) is 26.2. The fourth-order valence-electron chi connectivity index (χ4n) is 5.53. The normalized spacial score (nSPS) is 14.2. The molecule has 208 valence electrons. The predicted octanol–water partition coefficient (Wildman–Crippen LogP) is 4.30. The van der Waals surface area contributed by atoms with Crippen molar-refractivity contribution < 1.29 is 14.3 Å². The number of pyridine rings is 1. The lowest BCUT2D eigenvalue weighted by Gasteiger charge is -2.26. The van der Waals surface area contributed by atoms with Crippen molar-refractivity contribution in [1.29, 1.82) is 0 Å². The van der Waals surface area contributed by atoms with Crippen LogP contribution in [0.25, 0.3) is 16.6 Å². The van der Waals surface area contributed by atoms with Crippen LogP contribution in [0.15, 0.2) is 78.0 Å². The zero-order valence-electron chi connectivity index (χ0n) is 22.7. The molecular formula is C30H29N7O4. The van der Waals surface area contributed by atoms with Crippen LogP contribution in [0.4, 0.5) is 5.82 Å². The maximum absolute atomic E-state index is 13.7. The molecule has 0 unspecified atom stereocenters. The van der Waals surface area contributed by atoms with Crippen LogP contribution in [0.2, 0.25) is 0 Å². The van der Waals surface area contributed by atoms with Crippen molar-refractivity contribution in [3.63, 3.8) is 0 Å². The Labute approximate surface area is 235 Å². The van der Waals surface area contributed by atoms with Crippen LogP contribution in [0.1, 0.15) is 41.7 Å². The maximum atomic E-state index is 13.7. The monoisotopic (exact) mass is 551 g/mol. The molecule has 2 aromatic carbocycles. The highest BCUT2D eigenvalue weighted by molar-refractivity contribution is 6.04. The highest BCUT2D eigenvalue weighted by Crippen LogP contribution is 2.38. The Hall–Kier alpha value is -5.03. The molecule has 1 aliphatic rings. The molecule has 0 radical (unpaired) electrons. The first-order valence-corrected chi connectivity index (χ1v) is 13.3. The third kappa shape index (κ3) is 4.80. The Kier molecular flexibility index (Phi) is 6.72. The molecule has 1 fully saturated rings. The quantitative estimate of drug-likeness (QED) is 0.305. The number of nitrogens with zero attached hydrogens (tertiary/aromatic N) is 5. The largest absolute Gasteiger partial charge is 0.497 e. The van der Waals surface area contributed by atoms with E-state index in [1.165, 1.54) is 17.1 Å². The number of hydrogen-bond acceptors (Lipinski definition) is 8. The molecular weight excluding hydrogens is 522 g/mol. The second kappa shape index (κ2) is 10.5. The molecule has 41 heavy (non-hydrogen) atoms. The van der Waals surface area contributed by atoms with Gasteiger partial charge in [0.05, 0.1) is 41.9 Å². The number of anilines is 1. The van der Waals surface area contributed by atoms with Crippen LogP contribution in [0, 0.1) is 0 Å². The van der Waals surface area contributed by atoms with E-state index in [9.17, 15) is 9.59 Å². The van der Waals surface area contributed by atoms with Gasteiger partial charge in [0.2, 0.25) is 5.88 Å².